The summed E-state index contributed by atoms with van der Waals surface area (Å²) in [7, 11) is 4.87. The standard InChI is InChI=1S/C17H16N2O3S/c1-20-13-9-5-4-7-11(13)16-18-19-17(23-16)12-8-6-10-14(21-2)15(12)22-3/h4-10H,1-3H3. The predicted octanol–water partition coefficient (Wildman–Crippen LogP) is 3.90. The molecule has 3 rings (SSSR count). The predicted molar refractivity (Wildman–Crippen MR) is 90.4 cm³/mol. The molecule has 0 spiro atoms. The summed E-state index contributed by atoms with van der Waals surface area (Å²) in [6, 6.07) is 13.4. The van der Waals surface area contributed by atoms with E-state index >= 15 is 0 Å². The van der Waals surface area contributed by atoms with E-state index in [1.54, 1.807) is 21.3 Å². The van der Waals surface area contributed by atoms with Gasteiger partial charge in [0, 0.05) is 0 Å². The molecule has 5 nitrogen and oxygen atoms in total. The summed E-state index contributed by atoms with van der Waals surface area (Å²) >= 11 is 1.48. The van der Waals surface area contributed by atoms with Crippen molar-refractivity contribution < 1.29 is 14.2 Å². The molecule has 0 fully saturated rings. The molecule has 0 aliphatic heterocycles. The number of para-hydroxylation sites is 2. The van der Waals surface area contributed by atoms with Crippen LogP contribution in [0.3, 0.4) is 0 Å². The molecule has 6 heteroatoms. The summed E-state index contributed by atoms with van der Waals surface area (Å²) in [4.78, 5) is 0. The third-order valence-corrected chi connectivity index (χ3v) is 4.39. The second-order valence-corrected chi connectivity index (χ2v) is 5.63. The number of rotatable bonds is 5. The molecule has 0 saturated heterocycles. The number of nitrogens with zero attached hydrogens (tertiary/aromatic N) is 2. The van der Waals surface area contributed by atoms with Crippen molar-refractivity contribution in [2.75, 3.05) is 21.3 Å². The average Bonchev–Trinajstić information content (AvgIpc) is 3.10. The van der Waals surface area contributed by atoms with Crippen LogP contribution < -0.4 is 14.2 Å². The molecule has 0 aliphatic rings. The summed E-state index contributed by atoms with van der Waals surface area (Å²) in [5.41, 5.74) is 1.77. The first-order chi connectivity index (χ1) is 11.3. The fourth-order valence-corrected chi connectivity index (χ4v) is 3.21. The zero-order valence-electron chi connectivity index (χ0n) is 13.1. The lowest BCUT2D eigenvalue weighted by molar-refractivity contribution is 0.356. The van der Waals surface area contributed by atoms with Crippen LogP contribution in [-0.2, 0) is 0 Å². The number of hydrogen-bond acceptors (Lipinski definition) is 6. The van der Waals surface area contributed by atoms with Crippen molar-refractivity contribution in [1.82, 2.24) is 10.2 Å². The topological polar surface area (TPSA) is 53.5 Å². The molecule has 118 valence electrons. The number of hydrogen-bond donors (Lipinski definition) is 0. The van der Waals surface area contributed by atoms with Crippen molar-refractivity contribution in [1.29, 1.82) is 0 Å². The Morgan fingerprint density at radius 3 is 2.00 bits per heavy atom. The fraction of sp³-hybridized carbons (Fsp3) is 0.176. The zero-order valence-corrected chi connectivity index (χ0v) is 13.9. The summed E-state index contributed by atoms with van der Waals surface area (Å²) < 4.78 is 16.2. The smallest absolute Gasteiger partial charge is 0.171 e. The average molecular weight is 328 g/mol. The molecule has 3 aromatic rings. The lowest BCUT2D eigenvalue weighted by Crippen LogP contribution is -1.92. The highest BCUT2D eigenvalue weighted by Gasteiger charge is 2.17. The van der Waals surface area contributed by atoms with Crippen molar-refractivity contribution >= 4 is 11.3 Å². The van der Waals surface area contributed by atoms with Crippen LogP contribution in [0.25, 0.3) is 21.1 Å². The summed E-state index contributed by atoms with van der Waals surface area (Å²) in [5, 5.41) is 10.2. The van der Waals surface area contributed by atoms with Crippen LogP contribution in [0.5, 0.6) is 17.2 Å². The molecule has 0 amide bonds. The molecule has 0 bridgehead atoms. The first-order valence-electron chi connectivity index (χ1n) is 6.96. The van der Waals surface area contributed by atoms with Crippen LogP contribution in [0.4, 0.5) is 0 Å². The maximum Gasteiger partial charge on any atom is 0.171 e. The summed E-state index contributed by atoms with van der Waals surface area (Å²) in [6.45, 7) is 0. The molecule has 0 saturated carbocycles. The Kier molecular flexibility index (Phi) is 4.43. The van der Waals surface area contributed by atoms with E-state index in [0.717, 1.165) is 26.9 Å². The van der Waals surface area contributed by atoms with E-state index in [9.17, 15) is 0 Å². The first-order valence-corrected chi connectivity index (χ1v) is 7.78. The SMILES string of the molecule is COc1ccccc1-c1nnc(-c2cccc(OC)c2OC)s1. The van der Waals surface area contributed by atoms with Gasteiger partial charge < -0.3 is 14.2 Å². The minimum absolute atomic E-state index is 0.651. The fourth-order valence-electron chi connectivity index (χ4n) is 2.32. The van der Waals surface area contributed by atoms with E-state index in [1.165, 1.54) is 11.3 Å². The molecule has 2 aromatic carbocycles. The Hall–Kier alpha value is -2.60. The molecule has 23 heavy (non-hydrogen) atoms. The second kappa shape index (κ2) is 6.66. The lowest BCUT2D eigenvalue weighted by atomic mass is 10.2. The largest absolute Gasteiger partial charge is 0.496 e. The molecular formula is C17H16N2O3S. The zero-order chi connectivity index (χ0) is 16.2. The molecule has 0 radical (unpaired) electrons. The van der Waals surface area contributed by atoms with E-state index in [0.29, 0.717) is 11.5 Å². The van der Waals surface area contributed by atoms with Gasteiger partial charge in [-0.3, -0.25) is 0 Å². The lowest BCUT2D eigenvalue weighted by Gasteiger charge is -2.10. The maximum absolute atomic E-state index is 5.47. The quantitative estimate of drug-likeness (QED) is 0.711. The van der Waals surface area contributed by atoms with Crippen molar-refractivity contribution in [3.05, 3.63) is 42.5 Å². The van der Waals surface area contributed by atoms with Gasteiger partial charge in [0.05, 0.1) is 32.5 Å². The van der Waals surface area contributed by atoms with E-state index in [4.69, 9.17) is 14.2 Å². The molecule has 1 aromatic heterocycles. The normalized spacial score (nSPS) is 10.4. The van der Waals surface area contributed by atoms with Gasteiger partial charge >= 0.3 is 0 Å². The number of aromatic nitrogens is 2. The van der Waals surface area contributed by atoms with Crippen LogP contribution in [0.15, 0.2) is 42.5 Å². The van der Waals surface area contributed by atoms with Crippen LogP contribution in [0.1, 0.15) is 0 Å². The van der Waals surface area contributed by atoms with Gasteiger partial charge in [-0.15, -0.1) is 10.2 Å². The second-order valence-electron chi connectivity index (χ2n) is 4.65. The van der Waals surface area contributed by atoms with Gasteiger partial charge in [0.25, 0.3) is 0 Å². The highest BCUT2D eigenvalue weighted by atomic mass is 32.1. The Labute approximate surface area is 138 Å². The Morgan fingerprint density at radius 2 is 1.30 bits per heavy atom. The monoisotopic (exact) mass is 328 g/mol. The van der Waals surface area contributed by atoms with Gasteiger partial charge in [-0.05, 0) is 24.3 Å². The van der Waals surface area contributed by atoms with Gasteiger partial charge in [-0.1, -0.05) is 29.5 Å². The van der Waals surface area contributed by atoms with E-state index in [-0.39, 0.29) is 0 Å². The Balaban J connectivity index is 2.06. The first kappa shape index (κ1) is 15.3. The molecule has 1 heterocycles. The summed E-state index contributed by atoms with van der Waals surface area (Å²) in [5.74, 6) is 2.09. The molecule has 0 aliphatic carbocycles. The van der Waals surface area contributed by atoms with Crippen molar-refractivity contribution in [3.8, 4) is 38.4 Å². The van der Waals surface area contributed by atoms with Crippen molar-refractivity contribution in [2.24, 2.45) is 0 Å². The van der Waals surface area contributed by atoms with Crippen LogP contribution >= 0.6 is 11.3 Å². The van der Waals surface area contributed by atoms with Crippen LogP contribution in [0, 0.1) is 0 Å². The Morgan fingerprint density at radius 1 is 0.696 bits per heavy atom. The molecule has 0 N–H and O–H groups in total. The minimum Gasteiger partial charge on any atom is -0.496 e. The van der Waals surface area contributed by atoms with Gasteiger partial charge in [-0.25, -0.2) is 0 Å². The third kappa shape index (κ3) is 2.85. The van der Waals surface area contributed by atoms with Gasteiger partial charge in [0.15, 0.2) is 21.5 Å². The van der Waals surface area contributed by atoms with Gasteiger partial charge in [-0.2, -0.15) is 0 Å². The number of ether oxygens (including phenoxy) is 3. The Bertz CT molecular complexity index is 817. The van der Waals surface area contributed by atoms with Crippen LogP contribution in [0.2, 0.25) is 0 Å². The van der Waals surface area contributed by atoms with E-state index in [1.807, 2.05) is 42.5 Å². The van der Waals surface area contributed by atoms with E-state index in [2.05, 4.69) is 10.2 Å². The maximum atomic E-state index is 5.47. The molecule has 0 unspecified atom stereocenters. The van der Waals surface area contributed by atoms with Gasteiger partial charge in [0.1, 0.15) is 5.75 Å². The van der Waals surface area contributed by atoms with Crippen LogP contribution in [-0.4, -0.2) is 31.5 Å². The third-order valence-electron chi connectivity index (χ3n) is 3.40. The van der Waals surface area contributed by atoms with Crippen molar-refractivity contribution in [3.63, 3.8) is 0 Å². The van der Waals surface area contributed by atoms with Crippen molar-refractivity contribution in [2.45, 2.75) is 0 Å². The summed E-state index contributed by atoms with van der Waals surface area (Å²) in [6.07, 6.45) is 0. The number of methoxy groups -OCH3 is 3. The molecular weight excluding hydrogens is 312 g/mol. The molecule has 0 atom stereocenters. The highest BCUT2D eigenvalue weighted by Crippen LogP contribution is 2.41. The minimum atomic E-state index is 0.651. The van der Waals surface area contributed by atoms with E-state index < -0.39 is 0 Å². The number of benzene rings is 2. The van der Waals surface area contributed by atoms with Gasteiger partial charge in [0.2, 0.25) is 0 Å². The highest BCUT2D eigenvalue weighted by molar-refractivity contribution is 7.18.